The standard InChI is InChI=1S/C28H33F2N7O2.C22H19F2N5O4S/c1-5-36(6-2)14-8-13-32-27-34-23(19-15-18(26(38)31-4)12-11-17(19)3)20-16-33-28(39)37(25(20)35-27)24-21(29)9-7-10-22(24)30;1-11-7-8-12(20(30)25-2)9-13(11)17-14-10-26-22(31)29(18-15(23)5-4-6-16(18)24)19(14)28-21(27-17)34(3,32)33/h7,9-12,15H,5-6,8,13-14,16H2,1-4H3,(H,31,38)(H,33,39)(H,32,34,35);4-9H,10H2,1-3H3,(H,25,30)(H,26,31). The molecular formula is C50H52F4N12O6S. The van der Waals surface area contributed by atoms with E-state index in [-0.39, 0.29) is 59.3 Å². The molecule has 2 aliphatic rings. The zero-order chi connectivity index (χ0) is 52.9. The molecule has 18 nitrogen and oxygen atoms in total. The maximum Gasteiger partial charge on any atom is 0.328 e. The smallest absolute Gasteiger partial charge is 0.328 e. The molecule has 0 fully saturated rings. The SMILES string of the molecule is CCN(CC)CCCNc1nc(-c2cc(C(=O)NC)ccc2C)c2c(n1)N(c1c(F)cccc1F)C(=O)NC2.CNC(=O)c1ccc(C)c(-c2nc(S(C)(=O)=O)nc3c2CNC(=O)N3c2c(F)cccc2F)c1. The van der Waals surface area contributed by atoms with E-state index in [0.29, 0.717) is 45.0 Å². The van der Waals surface area contributed by atoms with Gasteiger partial charge in [0.15, 0.2) is 11.6 Å². The van der Waals surface area contributed by atoms with Gasteiger partial charge in [0.25, 0.3) is 11.8 Å². The zero-order valence-electron chi connectivity index (χ0n) is 40.9. The third-order valence-corrected chi connectivity index (χ3v) is 12.9. The number of carbonyl (C=O) groups is 4. The quantitative estimate of drug-likeness (QED) is 0.0408. The van der Waals surface area contributed by atoms with Gasteiger partial charge in [0, 0.05) is 60.3 Å². The van der Waals surface area contributed by atoms with Crippen molar-refractivity contribution in [1.29, 1.82) is 0 Å². The molecule has 0 saturated heterocycles. The summed E-state index contributed by atoms with van der Waals surface area (Å²) in [6, 6.07) is 14.9. The number of rotatable bonds is 14. The Kier molecular flexibility index (Phi) is 16.0. The second kappa shape index (κ2) is 22.2. The first-order chi connectivity index (χ1) is 34.8. The molecule has 4 heterocycles. The lowest BCUT2D eigenvalue weighted by molar-refractivity contribution is 0.0955. The van der Waals surface area contributed by atoms with Gasteiger partial charge in [-0.15, -0.1) is 0 Å². The molecule has 382 valence electrons. The number of hydrogen-bond acceptors (Lipinski definition) is 12. The third-order valence-electron chi connectivity index (χ3n) is 12.1. The van der Waals surface area contributed by atoms with Crippen LogP contribution in [0.2, 0.25) is 0 Å². The molecule has 2 aromatic heterocycles. The van der Waals surface area contributed by atoms with Crippen molar-refractivity contribution in [2.75, 3.05) is 61.6 Å². The topological polar surface area (TPSA) is 224 Å². The number of urea groups is 2. The second-order valence-electron chi connectivity index (χ2n) is 16.8. The van der Waals surface area contributed by atoms with Crippen molar-refractivity contribution < 1.29 is 45.2 Å². The van der Waals surface area contributed by atoms with Crippen LogP contribution >= 0.6 is 0 Å². The number of nitrogens with one attached hydrogen (secondary N) is 5. The first-order valence-corrected chi connectivity index (χ1v) is 24.9. The number of nitrogens with zero attached hydrogens (tertiary/aromatic N) is 7. The lowest BCUT2D eigenvalue weighted by Gasteiger charge is -2.31. The number of fused-ring (bicyclic) bond motifs is 2. The number of amides is 6. The summed E-state index contributed by atoms with van der Waals surface area (Å²) < 4.78 is 83.9. The van der Waals surface area contributed by atoms with Crippen LogP contribution in [-0.2, 0) is 22.9 Å². The van der Waals surface area contributed by atoms with Crippen LogP contribution in [0.15, 0.2) is 78.0 Å². The minimum Gasteiger partial charge on any atom is -0.355 e. The molecule has 6 aromatic rings. The molecule has 73 heavy (non-hydrogen) atoms. The molecule has 2 aliphatic heterocycles. The van der Waals surface area contributed by atoms with Crippen molar-refractivity contribution in [3.8, 4) is 22.5 Å². The number of para-hydroxylation sites is 2. The normalized spacial score (nSPS) is 13.0. The number of benzene rings is 4. The Morgan fingerprint density at radius 2 is 1.11 bits per heavy atom. The van der Waals surface area contributed by atoms with E-state index >= 15 is 0 Å². The molecule has 0 saturated carbocycles. The summed E-state index contributed by atoms with van der Waals surface area (Å²) in [7, 11) is -0.990. The average molecular weight is 1030 g/mol. The van der Waals surface area contributed by atoms with Crippen LogP contribution in [0.25, 0.3) is 22.5 Å². The van der Waals surface area contributed by atoms with E-state index in [1.54, 1.807) is 44.3 Å². The summed E-state index contributed by atoms with van der Waals surface area (Å²) in [5, 5.41) is 12.9. The Labute approximate surface area is 418 Å². The Morgan fingerprint density at radius 1 is 0.671 bits per heavy atom. The lowest BCUT2D eigenvalue weighted by Crippen LogP contribution is -2.43. The monoisotopic (exact) mass is 1020 g/mol. The molecule has 8 rings (SSSR count). The third kappa shape index (κ3) is 11.1. The first-order valence-electron chi connectivity index (χ1n) is 23.0. The Hall–Kier alpha value is -8.05. The van der Waals surface area contributed by atoms with Crippen LogP contribution in [0.4, 0.5) is 56.1 Å². The van der Waals surface area contributed by atoms with Gasteiger partial charge in [0.2, 0.25) is 20.9 Å². The maximum atomic E-state index is 14.9. The number of anilines is 5. The van der Waals surface area contributed by atoms with Gasteiger partial charge < -0.3 is 31.5 Å². The molecular weight excluding hydrogens is 973 g/mol. The fourth-order valence-electron chi connectivity index (χ4n) is 8.18. The van der Waals surface area contributed by atoms with Crippen molar-refractivity contribution in [2.45, 2.75) is 52.4 Å². The molecule has 5 N–H and O–H groups in total. The number of hydrogen-bond donors (Lipinski definition) is 5. The fraction of sp³-hybridized carbons (Fsp3) is 0.280. The van der Waals surface area contributed by atoms with E-state index in [4.69, 9.17) is 4.98 Å². The van der Waals surface area contributed by atoms with Crippen LogP contribution in [0.1, 0.15) is 63.2 Å². The van der Waals surface area contributed by atoms with Gasteiger partial charge in [0.05, 0.1) is 24.5 Å². The number of halogens is 4. The number of aryl methyl sites for hydroxylation is 2. The van der Waals surface area contributed by atoms with Gasteiger partial charge in [-0.25, -0.2) is 55.3 Å². The molecule has 0 unspecified atom stereocenters. The minimum absolute atomic E-state index is 0.0436. The summed E-state index contributed by atoms with van der Waals surface area (Å²) in [5.74, 6) is -4.51. The Bertz CT molecular complexity index is 3230. The highest BCUT2D eigenvalue weighted by molar-refractivity contribution is 7.90. The van der Waals surface area contributed by atoms with Crippen LogP contribution in [0, 0.1) is 37.1 Å². The van der Waals surface area contributed by atoms with Gasteiger partial charge in [-0.1, -0.05) is 38.1 Å². The maximum absolute atomic E-state index is 14.9. The van der Waals surface area contributed by atoms with E-state index in [2.05, 4.69) is 60.3 Å². The van der Waals surface area contributed by atoms with E-state index in [1.165, 1.54) is 19.2 Å². The number of sulfone groups is 1. The number of aromatic nitrogens is 4. The molecule has 23 heteroatoms. The Morgan fingerprint density at radius 3 is 1.53 bits per heavy atom. The van der Waals surface area contributed by atoms with Crippen LogP contribution < -0.4 is 36.4 Å². The fourth-order valence-corrected chi connectivity index (χ4v) is 8.69. The van der Waals surface area contributed by atoms with E-state index < -0.39 is 61.7 Å². The molecule has 6 amide bonds. The first kappa shape index (κ1) is 52.8. The lowest BCUT2D eigenvalue weighted by atomic mass is 9.97. The molecule has 0 atom stereocenters. The van der Waals surface area contributed by atoms with Crippen molar-refractivity contribution in [3.63, 3.8) is 0 Å². The van der Waals surface area contributed by atoms with Gasteiger partial charge in [-0.2, -0.15) is 9.97 Å². The zero-order valence-corrected chi connectivity index (χ0v) is 41.7. The highest BCUT2D eigenvalue weighted by Gasteiger charge is 2.37. The molecule has 0 bridgehead atoms. The second-order valence-corrected chi connectivity index (χ2v) is 18.7. The molecule has 4 aromatic carbocycles. The minimum atomic E-state index is -4.00. The summed E-state index contributed by atoms with van der Waals surface area (Å²) in [4.78, 5) is 71.8. The van der Waals surface area contributed by atoms with Crippen molar-refractivity contribution in [3.05, 3.63) is 129 Å². The average Bonchev–Trinajstić information content (AvgIpc) is 3.36. The largest absolute Gasteiger partial charge is 0.355 e. The van der Waals surface area contributed by atoms with Crippen LogP contribution in [0.5, 0.6) is 0 Å². The van der Waals surface area contributed by atoms with E-state index in [9.17, 15) is 45.2 Å². The molecule has 0 radical (unpaired) electrons. The molecule has 0 spiro atoms. The van der Waals surface area contributed by atoms with Crippen molar-refractivity contribution >= 4 is 62.7 Å². The van der Waals surface area contributed by atoms with Crippen LogP contribution in [0.3, 0.4) is 0 Å². The van der Waals surface area contributed by atoms with Gasteiger partial charge in [-0.3, -0.25) is 9.59 Å². The van der Waals surface area contributed by atoms with Crippen LogP contribution in [-0.4, -0.2) is 104 Å². The van der Waals surface area contributed by atoms with E-state index in [1.807, 2.05) is 6.92 Å². The highest BCUT2D eigenvalue weighted by atomic mass is 32.2. The predicted octanol–water partition coefficient (Wildman–Crippen LogP) is 7.45. The molecule has 0 aliphatic carbocycles. The van der Waals surface area contributed by atoms with Gasteiger partial charge >= 0.3 is 12.1 Å². The summed E-state index contributed by atoms with van der Waals surface area (Å²) in [6.07, 6.45) is 1.69. The summed E-state index contributed by atoms with van der Waals surface area (Å²) in [5.41, 5.74) is 3.27. The number of carbonyl (C=O) groups excluding carboxylic acids is 4. The van der Waals surface area contributed by atoms with Crippen molar-refractivity contribution in [2.24, 2.45) is 0 Å². The van der Waals surface area contributed by atoms with Gasteiger partial charge in [0.1, 0.15) is 34.6 Å². The van der Waals surface area contributed by atoms with Gasteiger partial charge in [-0.05, 0) is 99.6 Å². The predicted molar refractivity (Wildman–Crippen MR) is 267 cm³/mol. The van der Waals surface area contributed by atoms with E-state index in [0.717, 1.165) is 73.1 Å². The van der Waals surface area contributed by atoms with Crippen molar-refractivity contribution in [1.82, 2.24) is 46.1 Å². The highest BCUT2D eigenvalue weighted by Crippen LogP contribution is 2.41. The summed E-state index contributed by atoms with van der Waals surface area (Å²) in [6.45, 7) is 11.0. The Balaban J connectivity index is 0.000000216. The summed E-state index contributed by atoms with van der Waals surface area (Å²) >= 11 is 0.